The van der Waals surface area contributed by atoms with Crippen molar-refractivity contribution in [3.8, 4) is 0 Å². The molecule has 0 radical (unpaired) electrons. The van der Waals surface area contributed by atoms with Gasteiger partial charge in [0.1, 0.15) is 0 Å². The number of anilines is 2. The van der Waals surface area contributed by atoms with Gasteiger partial charge in [0.05, 0.1) is 11.0 Å². The van der Waals surface area contributed by atoms with Gasteiger partial charge >= 0.3 is 0 Å². The van der Waals surface area contributed by atoms with Crippen molar-refractivity contribution >= 4 is 22.7 Å². The minimum absolute atomic E-state index is 0.759. The summed E-state index contributed by atoms with van der Waals surface area (Å²) in [5.41, 5.74) is 10.0. The second-order valence-corrected chi connectivity index (χ2v) is 5.15. The molecule has 0 saturated carbocycles. The van der Waals surface area contributed by atoms with E-state index in [1.807, 2.05) is 18.2 Å². The minimum Gasteiger partial charge on any atom is -0.399 e. The number of allylic oxidation sites excluding steroid dienone is 1. The van der Waals surface area contributed by atoms with Gasteiger partial charge in [-0.25, -0.2) is 4.98 Å². The molecule has 0 saturated heterocycles. The van der Waals surface area contributed by atoms with E-state index in [9.17, 15) is 0 Å². The van der Waals surface area contributed by atoms with Crippen LogP contribution >= 0.6 is 0 Å². The van der Waals surface area contributed by atoms with Gasteiger partial charge in [0.25, 0.3) is 0 Å². The van der Waals surface area contributed by atoms with Crippen LogP contribution < -0.4 is 11.1 Å². The maximum Gasteiger partial charge on any atom is 0.201 e. The van der Waals surface area contributed by atoms with Gasteiger partial charge in [-0.15, -0.1) is 0 Å². The van der Waals surface area contributed by atoms with E-state index < -0.39 is 0 Å². The van der Waals surface area contributed by atoms with E-state index in [4.69, 9.17) is 5.73 Å². The summed E-state index contributed by atoms with van der Waals surface area (Å²) < 4.78 is 0. The summed E-state index contributed by atoms with van der Waals surface area (Å²) in [5, 5.41) is 3.35. The van der Waals surface area contributed by atoms with E-state index in [2.05, 4.69) is 21.4 Å². The van der Waals surface area contributed by atoms with Crippen molar-refractivity contribution < 1.29 is 0 Å². The number of imidazole rings is 1. The second-order valence-electron chi connectivity index (χ2n) is 5.15. The van der Waals surface area contributed by atoms with Crippen LogP contribution in [0.3, 0.4) is 0 Å². The summed E-state index contributed by atoms with van der Waals surface area (Å²) in [4.78, 5) is 7.75. The number of benzene rings is 1. The fourth-order valence-corrected chi connectivity index (χ4v) is 2.58. The van der Waals surface area contributed by atoms with E-state index in [0.717, 1.165) is 35.6 Å². The van der Waals surface area contributed by atoms with E-state index in [1.54, 1.807) is 5.57 Å². The zero-order valence-electron chi connectivity index (χ0n) is 11.1. The van der Waals surface area contributed by atoms with Gasteiger partial charge < -0.3 is 16.0 Å². The lowest BCUT2D eigenvalue weighted by atomic mass is 9.97. The number of rotatable bonds is 4. The van der Waals surface area contributed by atoms with Crippen LogP contribution in [0.25, 0.3) is 11.0 Å². The Morgan fingerprint density at radius 1 is 1.32 bits per heavy atom. The molecule has 100 valence electrons. The molecule has 4 N–H and O–H groups in total. The molecule has 1 aromatic carbocycles. The Balaban J connectivity index is 1.60. The molecule has 1 aliphatic carbocycles. The molecule has 2 aromatic rings. The average molecular weight is 256 g/mol. The summed E-state index contributed by atoms with van der Waals surface area (Å²) in [7, 11) is 0. The van der Waals surface area contributed by atoms with Crippen LogP contribution in [0.2, 0.25) is 0 Å². The van der Waals surface area contributed by atoms with Crippen molar-refractivity contribution in [1.82, 2.24) is 9.97 Å². The maximum absolute atomic E-state index is 5.76. The smallest absolute Gasteiger partial charge is 0.201 e. The Bertz CT molecular complexity index is 597. The summed E-state index contributed by atoms with van der Waals surface area (Å²) >= 11 is 0. The van der Waals surface area contributed by atoms with Crippen LogP contribution in [-0.4, -0.2) is 16.5 Å². The molecule has 19 heavy (non-hydrogen) atoms. The monoisotopic (exact) mass is 256 g/mol. The van der Waals surface area contributed by atoms with Crippen molar-refractivity contribution in [1.29, 1.82) is 0 Å². The van der Waals surface area contributed by atoms with Gasteiger partial charge in [0.2, 0.25) is 5.95 Å². The largest absolute Gasteiger partial charge is 0.399 e. The summed E-state index contributed by atoms with van der Waals surface area (Å²) in [6, 6.07) is 5.73. The first-order chi connectivity index (χ1) is 9.31. The van der Waals surface area contributed by atoms with Crippen LogP contribution in [0.5, 0.6) is 0 Å². The SMILES string of the molecule is Nc1ccc2nc(NCCC3=CCCCC3)[nH]c2c1. The highest BCUT2D eigenvalue weighted by atomic mass is 15.1. The molecule has 0 fully saturated rings. The molecule has 3 rings (SSSR count). The van der Waals surface area contributed by atoms with E-state index >= 15 is 0 Å². The topological polar surface area (TPSA) is 66.7 Å². The Kier molecular flexibility index (Phi) is 3.40. The number of hydrogen-bond donors (Lipinski definition) is 3. The molecule has 0 bridgehead atoms. The molecule has 0 unspecified atom stereocenters. The van der Waals surface area contributed by atoms with Gasteiger partial charge in [-0.3, -0.25) is 0 Å². The first-order valence-corrected chi connectivity index (χ1v) is 6.98. The number of nitrogens with two attached hydrogens (primary N) is 1. The average Bonchev–Trinajstić information content (AvgIpc) is 2.82. The van der Waals surface area contributed by atoms with E-state index in [1.165, 1.54) is 25.7 Å². The quantitative estimate of drug-likeness (QED) is 0.580. The Hall–Kier alpha value is -1.97. The van der Waals surface area contributed by atoms with Gasteiger partial charge in [-0.2, -0.15) is 0 Å². The molecule has 0 amide bonds. The fraction of sp³-hybridized carbons (Fsp3) is 0.400. The molecular weight excluding hydrogens is 236 g/mol. The van der Waals surface area contributed by atoms with Gasteiger partial charge in [-0.1, -0.05) is 11.6 Å². The number of nitrogen functional groups attached to an aromatic ring is 1. The summed E-state index contributed by atoms with van der Waals surface area (Å²) in [6.45, 7) is 0.932. The molecule has 0 spiro atoms. The van der Waals surface area contributed by atoms with Crippen molar-refractivity contribution in [2.24, 2.45) is 0 Å². The highest BCUT2D eigenvalue weighted by Gasteiger charge is 2.05. The van der Waals surface area contributed by atoms with Crippen LogP contribution in [0.1, 0.15) is 32.1 Å². The zero-order valence-corrected chi connectivity index (χ0v) is 11.1. The van der Waals surface area contributed by atoms with Crippen LogP contribution in [0.15, 0.2) is 29.8 Å². The molecule has 1 aromatic heterocycles. The normalized spacial score (nSPS) is 15.5. The van der Waals surface area contributed by atoms with Gasteiger partial charge in [0, 0.05) is 12.2 Å². The lowest BCUT2D eigenvalue weighted by Crippen LogP contribution is -2.05. The van der Waals surface area contributed by atoms with Crippen molar-refractivity contribution in [2.75, 3.05) is 17.6 Å². The maximum atomic E-state index is 5.76. The lowest BCUT2D eigenvalue weighted by molar-refractivity contribution is 0.679. The van der Waals surface area contributed by atoms with Gasteiger partial charge in [0.15, 0.2) is 0 Å². The van der Waals surface area contributed by atoms with Crippen LogP contribution in [-0.2, 0) is 0 Å². The number of aromatic amines is 1. The zero-order chi connectivity index (χ0) is 13.1. The lowest BCUT2D eigenvalue weighted by Gasteiger charge is -2.12. The first-order valence-electron chi connectivity index (χ1n) is 6.98. The molecule has 4 heteroatoms. The molecule has 4 nitrogen and oxygen atoms in total. The van der Waals surface area contributed by atoms with E-state index in [0.29, 0.717) is 0 Å². The minimum atomic E-state index is 0.759. The first kappa shape index (κ1) is 12.1. The number of nitrogens with zero attached hydrogens (tertiary/aromatic N) is 1. The fourth-order valence-electron chi connectivity index (χ4n) is 2.58. The Morgan fingerprint density at radius 3 is 3.11 bits per heavy atom. The third kappa shape index (κ3) is 2.89. The van der Waals surface area contributed by atoms with Crippen molar-refractivity contribution in [3.05, 3.63) is 29.8 Å². The Labute approximate surface area is 113 Å². The third-order valence-electron chi connectivity index (χ3n) is 3.63. The Morgan fingerprint density at radius 2 is 2.26 bits per heavy atom. The summed E-state index contributed by atoms with van der Waals surface area (Å²) in [6.07, 6.45) is 8.71. The molecule has 0 aliphatic heterocycles. The van der Waals surface area contributed by atoms with Crippen LogP contribution in [0.4, 0.5) is 11.6 Å². The summed E-state index contributed by atoms with van der Waals surface area (Å²) in [5.74, 6) is 0.831. The molecule has 1 aliphatic rings. The number of H-pyrrole nitrogens is 1. The standard InChI is InChI=1S/C15H20N4/c16-12-6-7-13-14(10-12)19-15(18-13)17-9-8-11-4-2-1-3-5-11/h4,6-7,10H,1-3,5,8-9,16H2,(H2,17,18,19). The number of aromatic nitrogens is 2. The van der Waals surface area contributed by atoms with Crippen molar-refractivity contribution in [3.63, 3.8) is 0 Å². The molecule has 1 heterocycles. The number of nitrogens with one attached hydrogen (secondary N) is 2. The third-order valence-corrected chi connectivity index (χ3v) is 3.63. The predicted octanol–water partition coefficient (Wildman–Crippen LogP) is 3.45. The highest BCUT2D eigenvalue weighted by molar-refractivity contribution is 5.80. The van der Waals surface area contributed by atoms with E-state index in [-0.39, 0.29) is 0 Å². The predicted molar refractivity (Wildman–Crippen MR) is 80.2 cm³/mol. The molecular formula is C15H20N4. The second kappa shape index (κ2) is 5.34. The molecule has 0 atom stereocenters. The van der Waals surface area contributed by atoms with Crippen molar-refractivity contribution in [2.45, 2.75) is 32.1 Å². The van der Waals surface area contributed by atoms with Crippen LogP contribution in [0, 0.1) is 0 Å². The highest BCUT2D eigenvalue weighted by Crippen LogP contribution is 2.20. The number of hydrogen-bond acceptors (Lipinski definition) is 3. The number of fused-ring (bicyclic) bond motifs is 1. The van der Waals surface area contributed by atoms with Gasteiger partial charge in [-0.05, 0) is 50.3 Å².